The Balaban J connectivity index is 1.56. The molecule has 9 heteroatoms. The van der Waals surface area contributed by atoms with Crippen LogP contribution in [0.2, 0.25) is 0 Å². The second-order valence-electron chi connectivity index (χ2n) is 7.69. The van der Waals surface area contributed by atoms with Crippen LogP contribution in [0.1, 0.15) is 29.3 Å². The summed E-state index contributed by atoms with van der Waals surface area (Å²) >= 11 is 0. The second kappa shape index (κ2) is 8.85. The van der Waals surface area contributed by atoms with E-state index in [1.165, 1.54) is 4.31 Å². The standard InChI is InChI=1S/C23H23N5O3S/c1-17-8-9-19(14-21(17)28-11-5-13-32(28,30)31)26-23(29)20(15-24)22-25-10-12-27(22)16-18-6-3-2-4-7-18/h2-4,6-10,12,14,20H,5,11,13,16H2,1H3,(H,26,29)/t20-/m1/s1. The number of amides is 1. The van der Waals surface area contributed by atoms with Crippen molar-refractivity contribution in [2.75, 3.05) is 21.9 Å². The van der Waals surface area contributed by atoms with Crippen LogP contribution in [-0.4, -0.2) is 36.2 Å². The first-order chi connectivity index (χ1) is 15.4. The Morgan fingerprint density at radius 1 is 1.25 bits per heavy atom. The zero-order chi connectivity index (χ0) is 22.7. The van der Waals surface area contributed by atoms with Gasteiger partial charge in [0.05, 0.1) is 17.5 Å². The molecule has 1 fully saturated rings. The molecule has 3 aromatic rings. The van der Waals surface area contributed by atoms with Gasteiger partial charge in [-0.2, -0.15) is 5.26 Å². The van der Waals surface area contributed by atoms with Crippen molar-refractivity contribution in [2.24, 2.45) is 0 Å². The van der Waals surface area contributed by atoms with Gasteiger partial charge in [0.2, 0.25) is 15.9 Å². The first kappa shape index (κ1) is 21.6. The van der Waals surface area contributed by atoms with Crippen molar-refractivity contribution in [3.8, 4) is 6.07 Å². The van der Waals surface area contributed by atoms with Crippen molar-refractivity contribution in [3.05, 3.63) is 77.9 Å². The molecule has 1 saturated heterocycles. The van der Waals surface area contributed by atoms with Crippen molar-refractivity contribution in [3.63, 3.8) is 0 Å². The van der Waals surface area contributed by atoms with Gasteiger partial charge in [-0.15, -0.1) is 0 Å². The number of aryl methyl sites for hydroxylation is 1. The van der Waals surface area contributed by atoms with E-state index in [1.54, 1.807) is 35.2 Å². The molecule has 1 N–H and O–H groups in total. The zero-order valence-corrected chi connectivity index (χ0v) is 18.4. The molecule has 0 radical (unpaired) electrons. The fourth-order valence-electron chi connectivity index (χ4n) is 3.81. The minimum atomic E-state index is -3.34. The molecule has 1 aliphatic rings. The largest absolute Gasteiger partial charge is 0.329 e. The minimum Gasteiger partial charge on any atom is -0.329 e. The monoisotopic (exact) mass is 449 g/mol. The Labute approximate surface area is 187 Å². The van der Waals surface area contributed by atoms with Gasteiger partial charge >= 0.3 is 0 Å². The first-order valence-corrected chi connectivity index (χ1v) is 11.9. The van der Waals surface area contributed by atoms with Gasteiger partial charge in [-0.1, -0.05) is 36.4 Å². The highest BCUT2D eigenvalue weighted by Gasteiger charge is 2.30. The third-order valence-electron chi connectivity index (χ3n) is 5.44. The molecule has 1 aromatic heterocycles. The molecule has 4 rings (SSSR count). The predicted octanol–water partition coefficient (Wildman–Crippen LogP) is 3.03. The average Bonchev–Trinajstić information content (AvgIpc) is 3.36. The van der Waals surface area contributed by atoms with E-state index in [0.29, 0.717) is 36.7 Å². The van der Waals surface area contributed by atoms with Gasteiger partial charge in [-0.25, -0.2) is 13.4 Å². The smallest absolute Gasteiger partial charge is 0.249 e. The normalized spacial score (nSPS) is 15.8. The maximum absolute atomic E-state index is 13.0. The number of rotatable bonds is 6. The van der Waals surface area contributed by atoms with Crippen LogP contribution in [-0.2, 0) is 21.4 Å². The predicted molar refractivity (Wildman–Crippen MR) is 122 cm³/mol. The summed E-state index contributed by atoms with van der Waals surface area (Å²) in [6.07, 6.45) is 3.87. The number of imidazole rings is 1. The van der Waals surface area contributed by atoms with Gasteiger partial charge in [0.15, 0.2) is 5.92 Å². The summed E-state index contributed by atoms with van der Waals surface area (Å²) < 4.78 is 27.8. The number of carbonyl (C=O) groups excluding carboxylic acids is 1. The number of nitrogens with zero attached hydrogens (tertiary/aromatic N) is 4. The van der Waals surface area contributed by atoms with Crippen LogP contribution in [0, 0.1) is 18.3 Å². The molecule has 0 spiro atoms. The Hall–Kier alpha value is -3.64. The summed E-state index contributed by atoms with van der Waals surface area (Å²) in [5.41, 5.74) is 2.79. The molecule has 32 heavy (non-hydrogen) atoms. The maximum Gasteiger partial charge on any atom is 0.249 e. The summed E-state index contributed by atoms with van der Waals surface area (Å²) in [6.45, 7) is 2.73. The molecule has 2 aromatic carbocycles. The van der Waals surface area contributed by atoms with E-state index in [4.69, 9.17) is 0 Å². The molecule has 8 nitrogen and oxygen atoms in total. The second-order valence-corrected chi connectivity index (χ2v) is 9.71. The highest BCUT2D eigenvalue weighted by atomic mass is 32.2. The number of aromatic nitrogens is 2. The zero-order valence-electron chi connectivity index (χ0n) is 17.6. The highest BCUT2D eigenvalue weighted by molar-refractivity contribution is 7.93. The van der Waals surface area contributed by atoms with E-state index in [9.17, 15) is 18.5 Å². The SMILES string of the molecule is Cc1ccc(NC(=O)[C@H](C#N)c2nccn2Cc2ccccc2)cc1N1CCCS1(=O)=O. The lowest BCUT2D eigenvalue weighted by molar-refractivity contribution is -0.116. The van der Waals surface area contributed by atoms with E-state index in [2.05, 4.69) is 10.3 Å². The summed E-state index contributed by atoms with van der Waals surface area (Å²) in [7, 11) is -3.34. The summed E-state index contributed by atoms with van der Waals surface area (Å²) in [5, 5.41) is 12.5. The maximum atomic E-state index is 13.0. The van der Waals surface area contributed by atoms with Crippen LogP contribution in [0.5, 0.6) is 0 Å². The number of hydrogen-bond acceptors (Lipinski definition) is 5. The number of nitrogens with one attached hydrogen (secondary N) is 1. The van der Waals surface area contributed by atoms with E-state index >= 15 is 0 Å². The highest BCUT2D eigenvalue weighted by Crippen LogP contribution is 2.30. The van der Waals surface area contributed by atoms with Crippen LogP contribution >= 0.6 is 0 Å². The molecule has 0 aliphatic carbocycles. The van der Waals surface area contributed by atoms with E-state index < -0.39 is 21.8 Å². The topological polar surface area (TPSA) is 108 Å². The van der Waals surface area contributed by atoms with Crippen molar-refractivity contribution < 1.29 is 13.2 Å². The third-order valence-corrected chi connectivity index (χ3v) is 7.29. The molecule has 1 amide bonds. The van der Waals surface area contributed by atoms with Crippen LogP contribution in [0.15, 0.2) is 60.9 Å². The quantitative estimate of drug-likeness (QED) is 0.622. The van der Waals surface area contributed by atoms with Crippen molar-refractivity contribution >= 4 is 27.3 Å². The van der Waals surface area contributed by atoms with E-state index in [-0.39, 0.29) is 5.75 Å². The summed E-state index contributed by atoms with van der Waals surface area (Å²) in [6, 6.07) is 16.8. The fourth-order valence-corrected chi connectivity index (χ4v) is 5.43. The Kier molecular flexibility index (Phi) is 5.97. The van der Waals surface area contributed by atoms with Crippen molar-refractivity contribution in [2.45, 2.75) is 25.8 Å². The van der Waals surface area contributed by atoms with E-state index in [0.717, 1.165) is 11.1 Å². The van der Waals surface area contributed by atoms with Crippen molar-refractivity contribution in [1.29, 1.82) is 5.26 Å². The summed E-state index contributed by atoms with van der Waals surface area (Å²) in [5.74, 6) is -1.17. The number of nitriles is 1. The number of carbonyl (C=O) groups is 1. The first-order valence-electron chi connectivity index (χ1n) is 10.3. The van der Waals surface area contributed by atoms with Crippen molar-refractivity contribution in [1.82, 2.24) is 9.55 Å². The number of sulfonamides is 1. The molecular formula is C23H23N5O3S. The lowest BCUT2D eigenvalue weighted by Gasteiger charge is -2.20. The van der Waals surface area contributed by atoms with Gasteiger partial charge in [0.25, 0.3) is 0 Å². The van der Waals surface area contributed by atoms with Crippen LogP contribution in [0.4, 0.5) is 11.4 Å². The summed E-state index contributed by atoms with van der Waals surface area (Å²) in [4.78, 5) is 17.2. The molecular weight excluding hydrogens is 426 g/mol. The third kappa shape index (κ3) is 4.36. The fraction of sp³-hybridized carbons (Fsp3) is 0.261. The Bertz CT molecular complexity index is 1280. The molecule has 1 aliphatic heterocycles. The van der Waals surface area contributed by atoms with Crippen LogP contribution < -0.4 is 9.62 Å². The van der Waals surface area contributed by atoms with Gasteiger partial charge in [0.1, 0.15) is 5.82 Å². The van der Waals surface area contributed by atoms with Crippen LogP contribution in [0.3, 0.4) is 0 Å². The van der Waals surface area contributed by atoms with Gasteiger partial charge in [0, 0.05) is 31.2 Å². The van der Waals surface area contributed by atoms with Gasteiger partial charge < -0.3 is 9.88 Å². The molecule has 0 saturated carbocycles. The molecule has 0 unspecified atom stereocenters. The average molecular weight is 450 g/mol. The Morgan fingerprint density at radius 3 is 2.72 bits per heavy atom. The number of hydrogen-bond donors (Lipinski definition) is 1. The van der Waals surface area contributed by atoms with Gasteiger partial charge in [-0.05, 0) is 36.6 Å². The molecule has 0 bridgehead atoms. The molecule has 1 atom stereocenters. The van der Waals surface area contributed by atoms with Gasteiger partial charge in [-0.3, -0.25) is 9.10 Å². The number of anilines is 2. The molecule has 164 valence electrons. The lowest BCUT2D eigenvalue weighted by atomic mass is 10.1. The number of benzene rings is 2. The minimum absolute atomic E-state index is 0.115. The molecule has 2 heterocycles. The Morgan fingerprint density at radius 2 is 2.03 bits per heavy atom. The van der Waals surface area contributed by atoms with Crippen LogP contribution in [0.25, 0.3) is 0 Å². The van der Waals surface area contributed by atoms with E-state index in [1.807, 2.05) is 43.3 Å². The lowest BCUT2D eigenvalue weighted by Crippen LogP contribution is -2.26.